The third-order valence-electron chi connectivity index (χ3n) is 3.51. The van der Waals surface area contributed by atoms with Gasteiger partial charge in [-0.1, -0.05) is 0 Å². The highest BCUT2D eigenvalue weighted by Gasteiger charge is 2.42. The van der Waals surface area contributed by atoms with Crippen molar-refractivity contribution in [3.8, 4) is 0 Å². The van der Waals surface area contributed by atoms with Crippen LogP contribution in [0.2, 0.25) is 0 Å². The van der Waals surface area contributed by atoms with Gasteiger partial charge >= 0.3 is 12.0 Å². The van der Waals surface area contributed by atoms with Gasteiger partial charge in [-0.2, -0.15) is 0 Å². The lowest BCUT2D eigenvalue weighted by Crippen LogP contribution is -2.56. The van der Waals surface area contributed by atoms with Gasteiger partial charge in [0.25, 0.3) is 0 Å². The van der Waals surface area contributed by atoms with E-state index in [1.165, 1.54) is 4.90 Å². The summed E-state index contributed by atoms with van der Waals surface area (Å²) in [6, 6.07) is -1.27. The van der Waals surface area contributed by atoms with E-state index in [9.17, 15) is 14.7 Å². The summed E-state index contributed by atoms with van der Waals surface area (Å²) in [4.78, 5) is 26.3. The van der Waals surface area contributed by atoms with Gasteiger partial charge in [0, 0.05) is 19.5 Å². The quantitative estimate of drug-likeness (QED) is 0.686. The number of morpholine rings is 1. The number of carbonyl (C=O) groups excluding carboxylic acids is 1. The summed E-state index contributed by atoms with van der Waals surface area (Å²) < 4.78 is 5.53. The maximum Gasteiger partial charge on any atom is 0.326 e. The number of nitrogens with zero attached hydrogens (tertiary/aromatic N) is 2. The largest absolute Gasteiger partial charge is 0.480 e. The number of aliphatic hydroxyl groups is 1. The minimum Gasteiger partial charge on any atom is -0.480 e. The van der Waals surface area contributed by atoms with Gasteiger partial charge in [-0.05, 0) is 13.8 Å². The van der Waals surface area contributed by atoms with E-state index < -0.39 is 23.7 Å². The topological polar surface area (TPSA) is 90.3 Å². The van der Waals surface area contributed by atoms with Crippen LogP contribution in [0, 0.1) is 0 Å². The van der Waals surface area contributed by atoms with Crippen molar-refractivity contribution in [1.29, 1.82) is 0 Å². The number of urea groups is 1. The Labute approximate surface area is 111 Å². The molecule has 2 heterocycles. The summed E-state index contributed by atoms with van der Waals surface area (Å²) in [6.45, 7) is 5.16. The SMILES string of the molecule is CC1(C)CN(C(=O)N2CC(O)C[C@H]2C(=O)O)CCO1. The van der Waals surface area contributed by atoms with E-state index in [4.69, 9.17) is 9.84 Å². The number of carbonyl (C=O) groups is 2. The standard InChI is InChI=1S/C12H20N2O5/c1-12(2)7-13(3-4-19-12)11(18)14-6-8(15)5-9(14)10(16)17/h8-9,15H,3-7H2,1-2H3,(H,16,17)/t8?,9-/m0/s1. The number of ether oxygens (including phenoxy) is 1. The van der Waals surface area contributed by atoms with Crippen LogP contribution >= 0.6 is 0 Å². The second kappa shape index (κ2) is 4.97. The first kappa shape index (κ1) is 14.1. The molecular weight excluding hydrogens is 252 g/mol. The molecule has 2 aliphatic heterocycles. The predicted octanol–water partition coefficient (Wildman–Crippen LogP) is -0.263. The Hall–Kier alpha value is -1.34. The van der Waals surface area contributed by atoms with Crippen LogP contribution < -0.4 is 0 Å². The van der Waals surface area contributed by atoms with Gasteiger partial charge in [0.2, 0.25) is 0 Å². The van der Waals surface area contributed by atoms with Gasteiger partial charge in [-0.3, -0.25) is 0 Å². The maximum atomic E-state index is 12.4. The Balaban J connectivity index is 2.08. The molecule has 0 bridgehead atoms. The first-order chi connectivity index (χ1) is 8.80. The highest BCUT2D eigenvalue weighted by Crippen LogP contribution is 2.23. The normalized spacial score (nSPS) is 30.5. The van der Waals surface area contributed by atoms with Crippen LogP contribution in [0.25, 0.3) is 0 Å². The molecule has 7 heteroatoms. The van der Waals surface area contributed by atoms with Gasteiger partial charge < -0.3 is 24.7 Å². The molecule has 19 heavy (non-hydrogen) atoms. The summed E-state index contributed by atoms with van der Waals surface area (Å²) in [5.74, 6) is -1.07. The summed E-state index contributed by atoms with van der Waals surface area (Å²) in [5, 5.41) is 18.7. The fourth-order valence-corrected chi connectivity index (χ4v) is 2.62. The second-order valence-corrected chi connectivity index (χ2v) is 5.71. The van der Waals surface area contributed by atoms with Crippen LogP contribution in [0.1, 0.15) is 20.3 Å². The Kier molecular flexibility index (Phi) is 3.69. The summed E-state index contributed by atoms with van der Waals surface area (Å²) in [6.07, 6.45) is -0.673. The molecule has 2 rings (SSSR count). The van der Waals surface area contributed by atoms with Gasteiger partial charge in [0.15, 0.2) is 0 Å². The molecule has 0 saturated carbocycles. The van der Waals surface area contributed by atoms with Gasteiger partial charge in [0.05, 0.1) is 24.9 Å². The van der Waals surface area contributed by atoms with E-state index in [0.717, 1.165) is 0 Å². The van der Waals surface area contributed by atoms with Crippen LogP contribution in [-0.4, -0.2) is 76.0 Å². The molecule has 2 fully saturated rings. The molecule has 0 spiro atoms. The van der Waals surface area contributed by atoms with Crippen molar-refractivity contribution in [2.75, 3.05) is 26.2 Å². The van der Waals surface area contributed by atoms with Crippen LogP contribution in [0.4, 0.5) is 4.79 Å². The zero-order valence-electron chi connectivity index (χ0n) is 11.2. The van der Waals surface area contributed by atoms with Crippen molar-refractivity contribution in [2.45, 2.75) is 38.0 Å². The van der Waals surface area contributed by atoms with Gasteiger partial charge in [0.1, 0.15) is 6.04 Å². The number of carboxylic acids is 1. The van der Waals surface area contributed by atoms with Gasteiger partial charge in [-0.15, -0.1) is 0 Å². The Morgan fingerprint density at radius 2 is 2.05 bits per heavy atom. The van der Waals surface area contributed by atoms with Crippen LogP contribution in [0.3, 0.4) is 0 Å². The summed E-state index contributed by atoms with van der Waals surface area (Å²) in [7, 11) is 0. The zero-order valence-corrected chi connectivity index (χ0v) is 11.2. The third kappa shape index (κ3) is 2.98. The second-order valence-electron chi connectivity index (χ2n) is 5.71. The lowest BCUT2D eigenvalue weighted by molar-refractivity contribution is -0.141. The Morgan fingerprint density at radius 3 is 2.63 bits per heavy atom. The average Bonchev–Trinajstić information content (AvgIpc) is 2.69. The number of hydrogen-bond donors (Lipinski definition) is 2. The van der Waals surface area contributed by atoms with E-state index >= 15 is 0 Å². The first-order valence-electron chi connectivity index (χ1n) is 6.40. The lowest BCUT2D eigenvalue weighted by atomic mass is 10.1. The minimum atomic E-state index is -1.07. The maximum absolute atomic E-state index is 12.4. The average molecular weight is 272 g/mol. The number of aliphatic hydroxyl groups excluding tert-OH is 1. The number of β-amino-alcohol motifs (C(OH)–C–C–N with tert-alkyl or cyclic N) is 1. The number of rotatable bonds is 1. The van der Waals surface area contributed by atoms with Crippen molar-refractivity contribution in [3.05, 3.63) is 0 Å². The molecule has 2 N–H and O–H groups in total. The molecular formula is C12H20N2O5. The van der Waals surface area contributed by atoms with Crippen LogP contribution in [0.5, 0.6) is 0 Å². The highest BCUT2D eigenvalue weighted by atomic mass is 16.5. The monoisotopic (exact) mass is 272 g/mol. The van der Waals surface area contributed by atoms with Crippen molar-refractivity contribution in [3.63, 3.8) is 0 Å². The molecule has 2 saturated heterocycles. The molecule has 1 unspecified atom stereocenters. The molecule has 7 nitrogen and oxygen atoms in total. The smallest absolute Gasteiger partial charge is 0.326 e. The molecule has 0 aliphatic carbocycles. The molecule has 2 amide bonds. The number of carboxylic acid groups (broad SMARTS) is 1. The van der Waals surface area contributed by atoms with Crippen molar-refractivity contribution in [1.82, 2.24) is 9.80 Å². The van der Waals surface area contributed by atoms with E-state index in [0.29, 0.717) is 19.7 Å². The van der Waals surface area contributed by atoms with E-state index in [1.807, 2.05) is 13.8 Å². The minimum absolute atomic E-state index is 0.0770. The number of aliphatic carboxylic acids is 1. The number of likely N-dealkylation sites (tertiary alicyclic amines) is 1. The molecule has 0 aromatic carbocycles. The molecule has 0 aromatic heterocycles. The molecule has 2 aliphatic rings. The number of amides is 2. The van der Waals surface area contributed by atoms with Crippen molar-refractivity contribution >= 4 is 12.0 Å². The highest BCUT2D eigenvalue weighted by molar-refractivity contribution is 5.83. The van der Waals surface area contributed by atoms with Crippen molar-refractivity contribution in [2.24, 2.45) is 0 Å². The van der Waals surface area contributed by atoms with Crippen LogP contribution in [-0.2, 0) is 9.53 Å². The summed E-state index contributed by atoms with van der Waals surface area (Å²) in [5.41, 5.74) is -0.426. The van der Waals surface area contributed by atoms with E-state index in [1.54, 1.807) is 4.90 Å². The summed E-state index contributed by atoms with van der Waals surface area (Å²) >= 11 is 0. The lowest BCUT2D eigenvalue weighted by Gasteiger charge is -2.40. The van der Waals surface area contributed by atoms with E-state index in [-0.39, 0.29) is 19.0 Å². The molecule has 0 radical (unpaired) electrons. The molecule has 0 aromatic rings. The first-order valence-corrected chi connectivity index (χ1v) is 6.40. The van der Waals surface area contributed by atoms with E-state index in [2.05, 4.69) is 0 Å². The molecule has 2 atom stereocenters. The third-order valence-corrected chi connectivity index (χ3v) is 3.51. The predicted molar refractivity (Wildman–Crippen MR) is 65.8 cm³/mol. The van der Waals surface area contributed by atoms with Gasteiger partial charge in [-0.25, -0.2) is 9.59 Å². The van der Waals surface area contributed by atoms with Crippen LogP contribution in [0.15, 0.2) is 0 Å². The fourth-order valence-electron chi connectivity index (χ4n) is 2.62. The Bertz CT molecular complexity index is 384. The fraction of sp³-hybridized carbons (Fsp3) is 0.833. The Morgan fingerprint density at radius 1 is 1.37 bits per heavy atom. The zero-order chi connectivity index (χ0) is 14.2. The van der Waals surface area contributed by atoms with Crippen molar-refractivity contribution < 1.29 is 24.5 Å². The number of hydrogen-bond acceptors (Lipinski definition) is 4. The molecule has 108 valence electrons.